The molecule has 0 saturated carbocycles. The van der Waals surface area contributed by atoms with E-state index < -0.39 is 23.5 Å². The van der Waals surface area contributed by atoms with Crippen LogP contribution < -0.4 is 11.3 Å². The summed E-state index contributed by atoms with van der Waals surface area (Å²) in [7, 11) is 0. The molecule has 1 unspecified atom stereocenters. The van der Waals surface area contributed by atoms with Gasteiger partial charge in [0.2, 0.25) is 0 Å². The Morgan fingerprint density at radius 2 is 1.85 bits per heavy atom. The largest absolute Gasteiger partial charge is 0.271 e. The third kappa shape index (κ3) is 2.69. The van der Waals surface area contributed by atoms with Crippen LogP contribution in [-0.4, -0.2) is 0 Å². The van der Waals surface area contributed by atoms with Crippen molar-refractivity contribution in [3.63, 3.8) is 0 Å². The van der Waals surface area contributed by atoms with Gasteiger partial charge in [0.1, 0.15) is 0 Å². The van der Waals surface area contributed by atoms with E-state index in [1.807, 2.05) is 25.1 Å². The summed E-state index contributed by atoms with van der Waals surface area (Å²) in [5, 5.41) is 0. The molecule has 2 nitrogen and oxygen atoms in total. The summed E-state index contributed by atoms with van der Waals surface area (Å²) < 4.78 is 40.2. The Balaban J connectivity index is 2.49. The van der Waals surface area contributed by atoms with E-state index in [4.69, 9.17) is 5.84 Å². The number of benzene rings is 2. The Morgan fingerprint density at radius 3 is 2.50 bits per heavy atom. The maximum absolute atomic E-state index is 13.9. The second kappa shape index (κ2) is 6.07. The lowest BCUT2D eigenvalue weighted by Gasteiger charge is -2.18. The summed E-state index contributed by atoms with van der Waals surface area (Å²) in [6.45, 7) is 1.99. The molecule has 2 aromatic rings. The summed E-state index contributed by atoms with van der Waals surface area (Å²) in [4.78, 5) is 0. The van der Waals surface area contributed by atoms with Crippen molar-refractivity contribution in [1.82, 2.24) is 5.43 Å². The van der Waals surface area contributed by atoms with Crippen molar-refractivity contribution in [3.05, 3.63) is 70.5 Å². The van der Waals surface area contributed by atoms with Crippen LogP contribution in [0.5, 0.6) is 0 Å². The number of halogens is 3. The van der Waals surface area contributed by atoms with Gasteiger partial charge in [0.25, 0.3) is 0 Å². The molecule has 0 amide bonds. The van der Waals surface area contributed by atoms with Crippen molar-refractivity contribution in [2.24, 2.45) is 5.84 Å². The molecule has 0 spiro atoms. The quantitative estimate of drug-likeness (QED) is 0.512. The van der Waals surface area contributed by atoms with Gasteiger partial charge >= 0.3 is 0 Å². The predicted octanol–water partition coefficient (Wildman–Crippen LogP) is 3.22. The molecule has 2 aromatic carbocycles. The number of nitrogens with one attached hydrogen (secondary N) is 1. The van der Waals surface area contributed by atoms with Crippen molar-refractivity contribution in [2.45, 2.75) is 19.4 Å². The zero-order valence-corrected chi connectivity index (χ0v) is 11.0. The van der Waals surface area contributed by atoms with Crippen LogP contribution in [0.3, 0.4) is 0 Å². The van der Waals surface area contributed by atoms with E-state index >= 15 is 0 Å². The zero-order valence-electron chi connectivity index (χ0n) is 11.0. The van der Waals surface area contributed by atoms with Gasteiger partial charge < -0.3 is 0 Å². The molecule has 0 aromatic heterocycles. The van der Waals surface area contributed by atoms with Crippen molar-refractivity contribution < 1.29 is 13.2 Å². The second-order valence-electron chi connectivity index (χ2n) is 4.46. The van der Waals surface area contributed by atoms with Gasteiger partial charge in [0.15, 0.2) is 17.5 Å². The van der Waals surface area contributed by atoms with Crippen LogP contribution in [0.15, 0.2) is 36.4 Å². The minimum atomic E-state index is -1.49. The minimum Gasteiger partial charge on any atom is -0.271 e. The first kappa shape index (κ1) is 14.6. The Bertz CT molecular complexity index is 614. The fourth-order valence-corrected chi connectivity index (χ4v) is 2.12. The van der Waals surface area contributed by atoms with Gasteiger partial charge in [-0.15, -0.1) is 0 Å². The molecule has 5 heteroatoms. The highest BCUT2D eigenvalue weighted by molar-refractivity contribution is 5.35. The van der Waals surface area contributed by atoms with Crippen molar-refractivity contribution in [1.29, 1.82) is 0 Å². The summed E-state index contributed by atoms with van der Waals surface area (Å²) in [6.07, 6.45) is 0.811. The van der Waals surface area contributed by atoms with Crippen molar-refractivity contribution in [2.75, 3.05) is 0 Å². The average molecular weight is 280 g/mol. The highest BCUT2D eigenvalue weighted by atomic mass is 19.2. The summed E-state index contributed by atoms with van der Waals surface area (Å²) in [6, 6.07) is 8.69. The van der Waals surface area contributed by atoms with Gasteiger partial charge in [-0.1, -0.05) is 37.3 Å². The highest BCUT2D eigenvalue weighted by Crippen LogP contribution is 2.26. The van der Waals surface area contributed by atoms with E-state index in [1.54, 1.807) is 6.07 Å². The number of hydrogen-bond acceptors (Lipinski definition) is 2. The molecule has 2 rings (SSSR count). The van der Waals surface area contributed by atoms with E-state index in [0.29, 0.717) is 5.56 Å². The molecule has 106 valence electrons. The Kier molecular flexibility index (Phi) is 4.42. The molecular weight excluding hydrogens is 265 g/mol. The third-order valence-electron chi connectivity index (χ3n) is 3.24. The number of hydrazine groups is 1. The predicted molar refractivity (Wildman–Crippen MR) is 71.3 cm³/mol. The smallest absolute Gasteiger partial charge is 0.194 e. The molecule has 0 heterocycles. The van der Waals surface area contributed by atoms with E-state index in [0.717, 1.165) is 18.1 Å². The molecule has 0 aliphatic heterocycles. The summed E-state index contributed by atoms with van der Waals surface area (Å²) in [5.41, 5.74) is 4.15. The van der Waals surface area contributed by atoms with Crippen LogP contribution in [0.2, 0.25) is 0 Å². The monoisotopic (exact) mass is 280 g/mol. The molecule has 0 radical (unpaired) electrons. The second-order valence-corrected chi connectivity index (χ2v) is 4.46. The van der Waals surface area contributed by atoms with Gasteiger partial charge in [-0.3, -0.25) is 5.84 Å². The molecule has 0 bridgehead atoms. The fraction of sp³-hybridized carbons (Fsp3) is 0.200. The van der Waals surface area contributed by atoms with E-state index in [1.165, 1.54) is 6.07 Å². The van der Waals surface area contributed by atoms with E-state index in [-0.39, 0.29) is 5.56 Å². The Morgan fingerprint density at radius 1 is 1.10 bits per heavy atom. The number of aryl methyl sites for hydroxylation is 1. The normalized spacial score (nSPS) is 12.4. The maximum atomic E-state index is 13.9. The number of rotatable bonds is 4. The lowest BCUT2D eigenvalue weighted by molar-refractivity contribution is 0.433. The average Bonchev–Trinajstić information content (AvgIpc) is 2.48. The molecular formula is C15H15F3N2. The van der Waals surface area contributed by atoms with E-state index in [9.17, 15) is 13.2 Å². The lowest BCUT2D eigenvalue weighted by atomic mass is 9.96. The van der Waals surface area contributed by atoms with Crippen LogP contribution in [0.4, 0.5) is 13.2 Å². The molecule has 0 aliphatic carbocycles. The molecule has 3 N–H and O–H groups in total. The summed E-state index contributed by atoms with van der Waals surface area (Å²) >= 11 is 0. The standard InChI is InChI=1S/C15H15F3N2/c1-2-9-4-3-5-10(8-9)15(20-19)11-6-7-12(16)14(18)13(11)17/h3-8,15,20H,2,19H2,1H3. The Hall–Kier alpha value is -1.85. The third-order valence-corrected chi connectivity index (χ3v) is 3.24. The minimum absolute atomic E-state index is 0.0281. The zero-order chi connectivity index (χ0) is 14.7. The van der Waals surface area contributed by atoms with Crippen LogP contribution in [0.1, 0.15) is 29.7 Å². The lowest BCUT2D eigenvalue weighted by Crippen LogP contribution is -2.30. The maximum Gasteiger partial charge on any atom is 0.194 e. The van der Waals surface area contributed by atoms with E-state index in [2.05, 4.69) is 5.43 Å². The SMILES string of the molecule is CCc1cccc(C(NN)c2ccc(F)c(F)c2F)c1. The molecule has 0 saturated heterocycles. The van der Waals surface area contributed by atoms with Gasteiger partial charge in [0, 0.05) is 5.56 Å². The molecule has 1 atom stereocenters. The molecule has 0 fully saturated rings. The number of hydrogen-bond donors (Lipinski definition) is 2. The fourth-order valence-electron chi connectivity index (χ4n) is 2.12. The molecule has 20 heavy (non-hydrogen) atoms. The van der Waals surface area contributed by atoms with Crippen LogP contribution in [0, 0.1) is 17.5 Å². The molecule has 0 aliphatic rings. The Labute approximate surface area is 115 Å². The van der Waals surface area contributed by atoms with Crippen LogP contribution in [0.25, 0.3) is 0 Å². The summed E-state index contributed by atoms with van der Waals surface area (Å²) in [5.74, 6) is 1.52. The topological polar surface area (TPSA) is 38.0 Å². The highest BCUT2D eigenvalue weighted by Gasteiger charge is 2.21. The van der Waals surface area contributed by atoms with Crippen LogP contribution in [-0.2, 0) is 6.42 Å². The first-order valence-electron chi connectivity index (χ1n) is 6.26. The first-order chi connectivity index (χ1) is 9.58. The number of nitrogens with two attached hydrogens (primary N) is 1. The van der Waals surface area contributed by atoms with Crippen LogP contribution >= 0.6 is 0 Å². The van der Waals surface area contributed by atoms with Crippen molar-refractivity contribution in [3.8, 4) is 0 Å². The van der Waals surface area contributed by atoms with Gasteiger partial charge in [-0.2, -0.15) is 0 Å². The first-order valence-corrected chi connectivity index (χ1v) is 6.26. The van der Waals surface area contributed by atoms with Gasteiger partial charge in [-0.25, -0.2) is 18.6 Å². The van der Waals surface area contributed by atoms with Gasteiger partial charge in [-0.05, 0) is 23.6 Å². The van der Waals surface area contributed by atoms with Gasteiger partial charge in [0.05, 0.1) is 6.04 Å². The van der Waals surface area contributed by atoms with Crippen molar-refractivity contribution >= 4 is 0 Å².